The first kappa shape index (κ1) is 12.2. The molecule has 4 N–H and O–H groups in total. The van der Waals surface area contributed by atoms with Gasteiger partial charge in [-0.2, -0.15) is 0 Å². The smallest absolute Gasteiger partial charge is 0.128 e. The Kier molecular flexibility index (Phi) is 3.24. The van der Waals surface area contributed by atoms with Crippen molar-refractivity contribution in [1.82, 2.24) is 0 Å². The number of aliphatic hydroxyl groups excluding tert-OH is 1. The molecule has 0 bridgehead atoms. The SMILES string of the molecule is Cc1cc(NCC2(CCO)CC2)c(N)cc1F. The van der Waals surface area contributed by atoms with E-state index in [2.05, 4.69) is 5.32 Å². The molecule has 17 heavy (non-hydrogen) atoms. The van der Waals surface area contributed by atoms with Crippen molar-refractivity contribution in [2.24, 2.45) is 5.41 Å². The fourth-order valence-corrected chi connectivity index (χ4v) is 2.06. The van der Waals surface area contributed by atoms with Gasteiger partial charge in [0.1, 0.15) is 5.82 Å². The molecule has 0 atom stereocenters. The number of hydrogen-bond acceptors (Lipinski definition) is 3. The summed E-state index contributed by atoms with van der Waals surface area (Å²) in [6, 6.07) is 3.09. The van der Waals surface area contributed by atoms with Gasteiger partial charge in [-0.05, 0) is 49.3 Å². The van der Waals surface area contributed by atoms with Crippen LogP contribution >= 0.6 is 0 Å². The lowest BCUT2D eigenvalue weighted by Gasteiger charge is -2.17. The number of nitrogens with two attached hydrogens (primary N) is 1. The molecule has 1 saturated carbocycles. The van der Waals surface area contributed by atoms with Gasteiger partial charge in [-0.15, -0.1) is 0 Å². The molecular weight excluding hydrogens is 219 g/mol. The minimum atomic E-state index is -0.274. The quantitative estimate of drug-likeness (QED) is 0.690. The van der Waals surface area contributed by atoms with Gasteiger partial charge in [-0.25, -0.2) is 4.39 Å². The van der Waals surface area contributed by atoms with E-state index in [1.54, 1.807) is 13.0 Å². The maximum Gasteiger partial charge on any atom is 0.128 e. The lowest BCUT2D eigenvalue weighted by molar-refractivity contribution is 0.253. The number of aryl methyl sites for hydroxylation is 1. The van der Waals surface area contributed by atoms with E-state index in [1.165, 1.54) is 6.07 Å². The van der Waals surface area contributed by atoms with E-state index in [0.29, 0.717) is 11.3 Å². The lowest BCUT2D eigenvalue weighted by Crippen LogP contribution is -2.17. The molecule has 1 aliphatic rings. The summed E-state index contributed by atoms with van der Waals surface area (Å²) in [4.78, 5) is 0. The van der Waals surface area contributed by atoms with Gasteiger partial charge in [-0.1, -0.05) is 0 Å². The van der Waals surface area contributed by atoms with Crippen LogP contribution in [0.15, 0.2) is 12.1 Å². The van der Waals surface area contributed by atoms with Crippen LogP contribution in [0.2, 0.25) is 0 Å². The van der Waals surface area contributed by atoms with Crippen molar-refractivity contribution in [2.75, 3.05) is 24.2 Å². The standard InChI is InChI=1S/C13H19FN2O/c1-9-6-12(11(15)7-10(9)14)16-8-13(2-3-13)4-5-17/h6-7,16-17H,2-5,8,15H2,1H3. The third kappa shape index (κ3) is 2.69. The molecule has 1 aromatic rings. The van der Waals surface area contributed by atoms with Crippen molar-refractivity contribution >= 4 is 11.4 Å². The molecule has 4 heteroatoms. The molecule has 0 amide bonds. The fraction of sp³-hybridized carbons (Fsp3) is 0.538. The van der Waals surface area contributed by atoms with E-state index in [1.807, 2.05) is 0 Å². The molecule has 0 saturated heterocycles. The maximum atomic E-state index is 13.2. The molecular formula is C13H19FN2O. The van der Waals surface area contributed by atoms with Gasteiger partial charge in [0.25, 0.3) is 0 Å². The van der Waals surface area contributed by atoms with Crippen LogP contribution in [0, 0.1) is 18.2 Å². The van der Waals surface area contributed by atoms with E-state index in [9.17, 15) is 4.39 Å². The average molecular weight is 238 g/mol. The first-order chi connectivity index (χ1) is 8.06. The normalized spacial score (nSPS) is 16.9. The maximum absolute atomic E-state index is 13.2. The van der Waals surface area contributed by atoms with E-state index < -0.39 is 0 Å². The van der Waals surface area contributed by atoms with Crippen molar-refractivity contribution in [2.45, 2.75) is 26.2 Å². The zero-order chi connectivity index (χ0) is 12.5. The lowest BCUT2D eigenvalue weighted by atomic mass is 10.0. The van der Waals surface area contributed by atoms with Gasteiger partial charge in [0.2, 0.25) is 0 Å². The molecule has 3 nitrogen and oxygen atoms in total. The molecule has 0 aliphatic heterocycles. The van der Waals surface area contributed by atoms with Crippen LogP contribution < -0.4 is 11.1 Å². The summed E-state index contributed by atoms with van der Waals surface area (Å²) < 4.78 is 13.2. The summed E-state index contributed by atoms with van der Waals surface area (Å²) in [6.45, 7) is 2.74. The molecule has 0 aromatic heterocycles. The van der Waals surface area contributed by atoms with Crippen molar-refractivity contribution in [3.63, 3.8) is 0 Å². The summed E-state index contributed by atoms with van der Waals surface area (Å²) in [5.74, 6) is -0.274. The Morgan fingerprint density at radius 1 is 1.47 bits per heavy atom. The van der Waals surface area contributed by atoms with Gasteiger partial charge in [0, 0.05) is 13.2 Å². The molecule has 94 valence electrons. The Balaban J connectivity index is 2.02. The van der Waals surface area contributed by atoms with Gasteiger partial charge in [-0.3, -0.25) is 0 Å². The molecule has 1 fully saturated rings. The highest BCUT2D eigenvalue weighted by Crippen LogP contribution is 2.48. The second kappa shape index (κ2) is 4.53. The van der Waals surface area contributed by atoms with Crippen LogP contribution in [0.4, 0.5) is 15.8 Å². The van der Waals surface area contributed by atoms with Crippen LogP contribution in [0.25, 0.3) is 0 Å². The number of nitrogens with one attached hydrogen (secondary N) is 1. The highest BCUT2D eigenvalue weighted by molar-refractivity contribution is 5.67. The highest BCUT2D eigenvalue weighted by atomic mass is 19.1. The minimum Gasteiger partial charge on any atom is -0.397 e. The predicted octanol–water partition coefficient (Wildman–Crippen LogP) is 2.29. The highest BCUT2D eigenvalue weighted by Gasteiger charge is 2.41. The topological polar surface area (TPSA) is 58.3 Å². The van der Waals surface area contributed by atoms with Gasteiger partial charge >= 0.3 is 0 Å². The van der Waals surface area contributed by atoms with E-state index in [0.717, 1.165) is 31.5 Å². The van der Waals surface area contributed by atoms with E-state index in [4.69, 9.17) is 10.8 Å². The monoisotopic (exact) mass is 238 g/mol. The molecule has 0 heterocycles. The minimum absolute atomic E-state index is 0.222. The van der Waals surface area contributed by atoms with Crippen LogP contribution in [0.1, 0.15) is 24.8 Å². The number of rotatable bonds is 5. The Labute approximate surface area is 101 Å². The fourth-order valence-electron chi connectivity index (χ4n) is 2.06. The third-order valence-electron chi connectivity index (χ3n) is 3.58. The Morgan fingerprint density at radius 2 is 2.18 bits per heavy atom. The Hall–Kier alpha value is -1.29. The molecule has 0 radical (unpaired) electrons. The van der Waals surface area contributed by atoms with Gasteiger partial charge in [0.05, 0.1) is 11.4 Å². The van der Waals surface area contributed by atoms with Crippen molar-refractivity contribution < 1.29 is 9.50 Å². The second-order valence-electron chi connectivity index (χ2n) is 5.02. The number of anilines is 2. The number of aliphatic hydroxyl groups is 1. The number of hydrogen-bond donors (Lipinski definition) is 3. The van der Waals surface area contributed by atoms with Gasteiger partial charge in [0.15, 0.2) is 0 Å². The first-order valence-electron chi connectivity index (χ1n) is 5.97. The van der Waals surface area contributed by atoms with Crippen molar-refractivity contribution in [1.29, 1.82) is 0 Å². The van der Waals surface area contributed by atoms with Crippen LogP contribution in [0.5, 0.6) is 0 Å². The summed E-state index contributed by atoms with van der Waals surface area (Å²) in [7, 11) is 0. The predicted molar refractivity (Wildman–Crippen MR) is 67.4 cm³/mol. The van der Waals surface area contributed by atoms with Gasteiger partial charge < -0.3 is 16.2 Å². The van der Waals surface area contributed by atoms with Crippen molar-refractivity contribution in [3.8, 4) is 0 Å². The average Bonchev–Trinajstić information content (AvgIpc) is 3.03. The number of nitrogen functional groups attached to an aromatic ring is 1. The third-order valence-corrected chi connectivity index (χ3v) is 3.58. The van der Waals surface area contributed by atoms with Crippen LogP contribution in [-0.2, 0) is 0 Å². The molecule has 1 aliphatic carbocycles. The molecule has 0 unspecified atom stereocenters. The summed E-state index contributed by atoms with van der Waals surface area (Å²) in [5, 5.41) is 12.2. The number of halogens is 1. The van der Waals surface area contributed by atoms with Crippen LogP contribution in [0.3, 0.4) is 0 Å². The summed E-state index contributed by atoms with van der Waals surface area (Å²) in [5.41, 5.74) is 7.80. The van der Waals surface area contributed by atoms with Crippen molar-refractivity contribution in [3.05, 3.63) is 23.5 Å². The zero-order valence-corrected chi connectivity index (χ0v) is 10.1. The molecule has 0 spiro atoms. The first-order valence-corrected chi connectivity index (χ1v) is 5.97. The zero-order valence-electron chi connectivity index (χ0n) is 10.1. The summed E-state index contributed by atoms with van der Waals surface area (Å²) >= 11 is 0. The largest absolute Gasteiger partial charge is 0.397 e. The number of benzene rings is 1. The van der Waals surface area contributed by atoms with E-state index in [-0.39, 0.29) is 17.8 Å². The Bertz CT molecular complexity index is 416. The summed E-state index contributed by atoms with van der Waals surface area (Å²) in [6.07, 6.45) is 3.10. The van der Waals surface area contributed by atoms with Crippen LogP contribution in [-0.4, -0.2) is 18.3 Å². The molecule has 2 rings (SSSR count). The molecule has 1 aromatic carbocycles. The van der Waals surface area contributed by atoms with E-state index >= 15 is 0 Å². The second-order valence-corrected chi connectivity index (χ2v) is 5.02. The Morgan fingerprint density at radius 3 is 2.76 bits per heavy atom.